The molecule has 4 nitrogen and oxygen atoms in total. The lowest BCUT2D eigenvalue weighted by Crippen LogP contribution is -2.37. The van der Waals surface area contributed by atoms with Crippen molar-refractivity contribution in [3.8, 4) is 0 Å². The fraction of sp³-hybridized carbons (Fsp3) is 0.300. The van der Waals surface area contributed by atoms with Crippen LogP contribution in [0.25, 0.3) is 0 Å². The minimum absolute atomic E-state index is 0.0252. The van der Waals surface area contributed by atoms with Gasteiger partial charge >= 0.3 is 0 Å². The first-order valence-corrected chi connectivity index (χ1v) is 8.64. The van der Waals surface area contributed by atoms with E-state index < -0.39 is 0 Å². The molecular formula is C20H23ClN2O2. The van der Waals surface area contributed by atoms with Gasteiger partial charge in [-0.05, 0) is 30.2 Å². The van der Waals surface area contributed by atoms with Gasteiger partial charge in [-0.3, -0.25) is 9.59 Å². The molecule has 0 unspecified atom stereocenters. The van der Waals surface area contributed by atoms with Crippen LogP contribution >= 0.6 is 11.6 Å². The van der Waals surface area contributed by atoms with Crippen molar-refractivity contribution in [2.75, 3.05) is 13.1 Å². The molecule has 0 aliphatic heterocycles. The molecule has 0 bridgehead atoms. The van der Waals surface area contributed by atoms with Gasteiger partial charge < -0.3 is 10.2 Å². The summed E-state index contributed by atoms with van der Waals surface area (Å²) in [6.07, 6.45) is 0.345. The summed E-state index contributed by atoms with van der Waals surface area (Å²) in [5.41, 5.74) is 3.15. The third-order valence-corrected chi connectivity index (χ3v) is 4.17. The van der Waals surface area contributed by atoms with Crippen molar-refractivity contribution in [1.82, 2.24) is 10.2 Å². The van der Waals surface area contributed by atoms with Gasteiger partial charge in [-0.25, -0.2) is 0 Å². The standard InChI is InChI=1S/C20H23ClN2O2/c1-15-3-5-17(6-4-15)13-20(25)22-11-12-23(16(2)24)14-18-7-9-19(21)10-8-18/h3-10H,11-14H2,1-2H3,(H,22,25). The number of benzene rings is 2. The predicted molar refractivity (Wildman–Crippen MR) is 100 cm³/mol. The number of nitrogens with zero attached hydrogens (tertiary/aromatic N) is 1. The van der Waals surface area contributed by atoms with Crippen LogP contribution in [-0.4, -0.2) is 29.8 Å². The maximum atomic E-state index is 12.0. The van der Waals surface area contributed by atoms with Crippen molar-refractivity contribution in [1.29, 1.82) is 0 Å². The fourth-order valence-electron chi connectivity index (χ4n) is 2.44. The minimum Gasteiger partial charge on any atom is -0.354 e. The second-order valence-corrected chi connectivity index (χ2v) is 6.52. The van der Waals surface area contributed by atoms with Gasteiger partial charge in [0.1, 0.15) is 0 Å². The largest absolute Gasteiger partial charge is 0.354 e. The number of hydrogen-bond donors (Lipinski definition) is 1. The molecule has 2 aromatic carbocycles. The molecule has 2 amide bonds. The smallest absolute Gasteiger partial charge is 0.224 e. The fourth-order valence-corrected chi connectivity index (χ4v) is 2.57. The number of hydrogen-bond acceptors (Lipinski definition) is 2. The maximum absolute atomic E-state index is 12.0. The zero-order valence-corrected chi connectivity index (χ0v) is 15.3. The molecule has 25 heavy (non-hydrogen) atoms. The van der Waals surface area contributed by atoms with Crippen LogP contribution in [0.1, 0.15) is 23.6 Å². The monoisotopic (exact) mass is 358 g/mol. The molecule has 0 heterocycles. The Labute approximate surface area is 153 Å². The Morgan fingerprint density at radius 2 is 1.60 bits per heavy atom. The van der Waals surface area contributed by atoms with E-state index >= 15 is 0 Å². The van der Waals surface area contributed by atoms with Crippen molar-refractivity contribution in [3.63, 3.8) is 0 Å². The van der Waals surface area contributed by atoms with Crippen molar-refractivity contribution < 1.29 is 9.59 Å². The average molecular weight is 359 g/mol. The quantitative estimate of drug-likeness (QED) is 0.825. The summed E-state index contributed by atoms with van der Waals surface area (Å²) in [6.45, 7) is 4.95. The highest BCUT2D eigenvalue weighted by atomic mass is 35.5. The molecular weight excluding hydrogens is 336 g/mol. The average Bonchev–Trinajstić information content (AvgIpc) is 2.57. The second-order valence-electron chi connectivity index (χ2n) is 6.08. The van der Waals surface area contributed by atoms with Gasteiger partial charge in [0.15, 0.2) is 0 Å². The lowest BCUT2D eigenvalue weighted by molar-refractivity contribution is -0.130. The van der Waals surface area contributed by atoms with Crippen molar-refractivity contribution in [2.24, 2.45) is 0 Å². The first kappa shape index (κ1) is 19.0. The zero-order chi connectivity index (χ0) is 18.2. The topological polar surface area (TPSA) is 49.4 Å². The van der Waals surface area contributed by atoms with E-state index in [-0.39, 0.29) is 11.8 Å². The summed E-state index contributed by atoms with van der Waals surface area (Å²) in [6, 6.07) is 15.3. The Morgan fingerprint density at radius 3 is 2.20 bits per heavy atom. The number of carbonyl (C=O) groups is 2. The molecule has 0 fully saturated rings. The van der Waals surface area contributed by atoms with Crippen LogP contribution in [-0.2, 0) is 22.6 Å². The van der Waals surface area contributed by atoms with Crippen molar-refractivity contribution in [3.05, 3.63) is 70.2 Å². The van der Waals surface area contributed by atoms with Crippen molar-refractivity contribution >= 4 is 23.4 Å². The van der Waals surface area contributed by atoms with Crippen LogP contribution in [0.2, 0.25) is 5.02 Å². The summed E-state index contributed by atoms with van der Waals surface area (Å²) in [5.74, 6) is -0.0680. The third-order valence-electron chi connectivity index (χ3n) is 3.92. The van der Waals surface area contributed by atoms with Gasteiger partial charge in [-0.2, -0.15) is 0 Å². The second kappa shape index (κ2) is 9.23. The van der Waals surface area contributed by atoms with Crippen LogP contribution < -0.4 is 5.32 Å². The number of halogens is 1. The van der Waals surface area contributed by atoms with E-state index in [1.807, 2.05) is 43.3 Å². The molecule has 0 radical (unpaired) electrons. The molecule has 1 N–H and O–H groups in total. The highest BCUT2D eigenvalue weighted by Crippen LogP contribution is 2.11. The Hall–Kier alpha value is -2.33. The molecule has 0 aromatic heterocycles. The highest BCUT2D eigenvalue weighted by molar-refractivity contribution is 6.30. The number of carbonyl (C=O) groups excluding carboxylic acids is 2. The highest BCUT2D eigenvalue weighted by Gasteiger charge is 2.10. The van der Waals surface area contributed by atoms with Gasteiger partial charge in [0.2, 0.25) is 11.8 Å². The first-order valence-electron chi connectivity index (χ1n) is 8.26. The number of amides is 2. The molecule has 132 valence electrons. The third kappa shape index (κ3) is 6.59. The summed E-state index contributed by atoms with van der Waals surface area (Å²) in [5, 5.41) is 3.54. The van der Waals surface area contributed by atoms with Crippen LogP contribution in [0.4, 0.5) is 0 Å². The molecule has 2 aromatic rings. The van der Waals surface area contributed by atoms with Gasteiger partial charge in [0, 0.05) is 31.6 Å². The van der Waals surface area contributed by atoms with Crippen LogP contribution in [0.3, 0.4) is 0 Å². The summed E-state index contributed by atoms with van der Waals surface area (Å²) >= 11 is 5.88. The SMILES string of the molecule is CC(=O)N(CCNC(=O)Cc1ccc(C)cc1)Cc1ccc(Cl)cc1. The predicted octanol–water partition coefficient (Wildman–Crippen LogP) is 3.36. The van der Waals surface area contributed by atoms with E-state index in [0.29, 0.717) is 31.1 Å². The number of aryl methyl sites for hydroxylation is 1. The lowest BCUT2D eigenvalue weighted by Gasteiger charge is -2.21. The zero-order valence-electron chi connectivity index (χ0n) is 14.6. The molecule has 0 aliphatic rings. The van der Waals surface area contributed by atoms with E-state index in [4.69, 9.17) is 11.6 Å². The Balaban J connectivity index is 1.80. The summed E-state index contributed by atoms with van der Waals surface area (Å²) in [7, 11) is 0. The van der Waals surface area contributed by atoms with E-state index in [2.05, 4.69) is 5.32 Å². The van der Waals surface area contributed by atoms with Crippen LogP contribution in [0.15, 0.2) is 48.5 Å². The minimum atomic E-state index is -0.0427. The van der Waals surface area contributed by atoms with Crippen LogP contribution in [0.5, 0.6) is 0 Å². The lowest BCUT2D eigenvalue weighted by atomic mass is 10.1. The molecule has 5 heteroatoms. The Bertz CT molecular complexity index is 711. The first-order chi connectivity index (χ1) is 11.9. The normalized spacial score (nSPS) is 10.4. The summed E-state index contributed by atoms with van der Waals surface area (Å²) < 4.78 is 0. The molecule has 0 aliphatic carbocycles. The molecule has 0 atom stereocenters. The van der Waals surface area contributed by atoms with E-state index in [1.54, 1.807) is 17.0 Å². The molecule has 0 saturated carbocycles. The van der Waals surface area contributed by atoms with Crippen LogP contribution in [0, 0.1) is 6.92 Å². The van der Waals surface area contributed by atoms with E-state index in [1.165, 1.54) is 12.5 Å². The Kier molecular flexibility index (Phi) is 7.02. The van der Waals surface area contributed by atoms with Crippen molar-refractivity contribution in [2.45, 2.75) is 26.8 Å². The molecule has 0 saturated heterocycles. The van der Waals surface area contributed by atoms with Gasteiger partial charge in [0.05, 0.1) is 6.42 Å². The van der Waals surface area contributed by atoms with Gasteiger partial charge in [-0.1, -0.05) is 53.6 Å². The number of rotatable bonds is 7. The molecule has 2 rings (SSSR count). The van der Waals surface area contributed by atoms with E-state index in [9.17, 15) is 9.59 Å². The number of nitrogens with one attached hydrogen (secondary N) is 1. The van der Waals surface area contributed by atoms with Gasteiger partial charge in [-0.15, -0.1) is 0 Å². The van der Waals surface area contributed by atoms with Gasteiger partial charge in [0.25, 0.3) is 0 Å². The Morgan fingerprint density at radius 1 is 1.00 bits per heavy atom. The summed E-state index contributed by atoms with van der Waals surface area (Å²) in [4.78, 5) is 25.5. The maximum Gasteiger partial charge on any atom is 0.224 e. The molecule has 0 spiro atoms. The van der Waals surface area contributed by atoms with E-state index in [0.717, 1.165) is 11.1 Å².